The number of amides is 2. The first kappa shape index (κ1) is 17.0. The Morgan fingerprint density at radius 1 is 1.32 bits per heavy atom. The van der Waals surface area contributed by atoms with Gasteiger partial charge in [-0.15, -0.1) is 0 Å². The van der Waals surface area contributed by atoms with E-state index in [4.69, 9.17) is 4.74 Å². The number of nitrogens with zero attached hydrogens (tertiary/aromatic N) is 1. The van der Waals surface area contributed by atoms with Crippen molar-refractivity contribution in [2.45, 2.75) is 38.6 Å². The van der Waals surface area contributed by atoms with E-state index in [1.165, 1.54) is 0 Å². The molecule has 1 aliphatic rings. The number of hydrogen-bond acceptors (Lipinski definition) is 4. The fraction of sp³-hybridized carbons (Fsp3) is 0.389. The molecule has 2 aromatic rings. The number of aromatic nitrogens is 2. The molecule has 0 spiro atoms. The van der Waals surface area contributed by atoms with Gasteiger partial charge in [-0.3, -0.25) is 14.7 Å². The van der Waals surface area contributed by atoms with Crippen molar-refractivity contribution in [1.29, 1.82) is 0 Å². The van der Waals surface area contributed by atoms with E-state index in [0.29, 0.717) is 18.0 Å². The Morgan fingerprint density at radius 3 is 2.72 bits per heavy atom. The minimum atomic E-state index is -0.284. The first-order chi connectivity index (χ1) is 11.8. The lowest BCUT2D eigenvalue weighted by Crippen LogP contribution is -2.43. The molecule has 1 aromatic carbocycles. The van der Waals surface area contributed by atoms with Gasteiger partial charge in [-0.2, -0.15) is 5.10 Å². The lowest BCUT2D eigenvalue weighted by atomic mass is 9.87. The van der Waals surface area contributed by atoms with Crippen LogP contribution in [0, 0.1) is 0 Å². The molecule has 0 unspecified atom stereocenters. The average Bonchev–Trinajstić information content (AvgIpc) is 2.99. The van der Waals surface area contributed by atoms with Gasteiger partial charge in [0, 0.05) is 23.4 Å². The summed E-state index contributed by atoms with van der Waals surface area (Å²) in [6.07, 6.45) is 2.11. The van der Waals surface area contributed by atoms with Crippen molar-refractivity contribution >= 4 is 17.6 Å². The molecule has 25 heavy (non-hydrogen) atoms. The van der Waals surface area contributed by atoms with Crippen LogP contribution >= 0.6 is 0 Å². The first-order valence-corrected chi connectivity index (χ1v) is 8.19. The van der Waals surface area contributed by atoms with E-state index in [1.54, 1.807) is 6.20 Å². The van der Waals surface area contributed by atoms with Crippen molar-refractivity contribution in [3.05, 3.63) is 41.6 Å². The number of aromatic amines is 1. The van der Waals surface area contributed by atoms with Crippen LogP contribution in [0.5, 0.6) is 5.75 Å². The predicted molar refractivity (Wildman–Crippen MR) is 93.5 cm³/mol. The topological polar surface area (TPSA) is 96.1 Å². The van der Waals surface area contributed by atoms with Crippen molar-refractivity contribution in [3.63, 3.8) is 0 Å². The number of H-pyrrole nitrogens is 1. The molecule has 1 aliphatic heterocycles. The third-order valence-electron chi connectivity index (χ3n) is 3.86. The van der Waals surface area contributed by atoms with Crippen molar-refractivity contribution in [1.82, 2.24) is 15.5 Å². The molecule has 7 heteroatoms. The summed E-state index contributed by atoms with van der Waals surface area (Å²) >= 11 is 0. The van der Waals surface area contributed by atoms with E-state index in [0.717, 1.165) is 11.1 Å². The molecule has 0 saturated carbocycles. The van der Waals surface area contributed by atoms with Crippen LogP contribution in [0.4, 0.5) is 5.82 Å². The fourth-order valence-corrected chi connectivity index (χ4v) is 2.84. The molecule has 7 nitrogen and oxygen atoms in total. The molecular weight excluding hydrogens is 320 g/mol. The molecule has 3 N–H and O–H groups in total. The maximum Gasteiger partial charge on any atom is 0.258 e. The van der Waals surface area contributed by atoms with Gasteiger partial charge in [-0.1, -0.05) is 12.1 Å². The summed E-state index contributed by atoms with van der Waals surface area (Å²) in [6.45, 7) is 5.73. The second kappa shape index (κ2) is 6.58. The second-order valence-electron chi connectivity index (χ2n) is 7.16. The lowest BCUT2D eigenvalue weighted by Gasteiger charge is -2.22. The fourth-order valence-electron chi connectivity index (χ4n) is 2.84. The Kier molecular flexibility index (Phi) is 4.48. The van der Waals surface area contributed by atoms with Crippen LogP contribution in [-0.4, -0.2) is 34.2 Å². The van der Waals surface area contributed by atoms with Crippen molar-refractivity contribution in [3.8, 4) is 5.75 Å². The molecule has 132 valence electrons. The molecule has 1 atom stereocenters. The van der Waals surface area contributed by atoms with E-state index in [2.05, 4.69) is 20.8 Å². The second-order valence-corrected chi connectivity index (χ2v) is 7.16. The summed E-state index contributed by atoms with van der Waals surface area (Å²) in [4.78, 5) is 23.6. The highest BCUT2D eigenvalue weighted by atomic mass is 16.5. The van der Waals surface area contributed by atoms with E-state index in [9.17, 15) is 9.59 Å². The number of carbonyl (C=O) groups is 2. The van der Waals surface area contributed by atoms with E-state index >= 15 is 0 Å². The monoisotopic (exact) mass is 342 g/mol. The number of anilines is 1. The molecule has 0 aliphatic carbocycles. The molecule has 3 rings (SSSR count). The minimum absolute atomic E-state index is 0.0334. The van der Waals surface area contributed by atoms with Gasteiger partial charge in [0.25, 0.3) is 5.91 Å². The maximum absolute atomic E-state index is 11.8. The number of benzene rings is 1. The standard InChI is InChI=1S/C18H22N4O3/c1-18(2,3)21-16(24)10-25-12-6-4-11(5-7-12)13-8-15(23)20-17-14(13)9-19-22-17/h4-7,9,13H,8,10H2,1-3H3,(H,21,24)(H2,19,20,22,23)/t13-/m1/s1. The Hall–Kier alpha value is -2.83. The molecule has 0 fully saturated rings. The Labute approximate surface area is 146 Å². The van der Waals surface area contributed by atoms with Gasteiger partial charge in [-0.25, -0.2) is 0 Å². The summed E-state index contributed by atoms with van der Waals surface area (Å²) < 4.78 is 5.52. The van der Waals surface area contributed by atoms with Gasteiger partial charge in [0.1, 0.15) is 11.6 Å². The summed E-state index contributed by atoms with van der Waals surface area (Å²) in [5.74, 6) is 1.02. The van der Waals surface area contributed by atoms with Crippen LogP contribution in [0.25, 0.3) is 0 Å². The number of fused-ring (bicyclic) bond motifs is 1. The predicted octanol–water partition coefficient (Wildman–Crippen LogP) is 2.18. The van der Waals surface area contributed by atoms with Gasteiger partial charge >= 0.3 is 0 Å². The number of ether oxygens (including phenoxy) is 1. The van der Waals surface area contributed by atoms with Crippen molar-refractivity contribution < 1.29 is 14.3 Å². The van der Waals surface area contributed by atoms with Crippen molar-refractivity contribution in [2.24, 2.45) is 0 Å². The van der Waals surface area contributed by atoms with E-state index in [-0.39, 0.29) is 29.9 Å². The smallest absolute Gasteiger partial charge is 0.258 e. The van der Waals surface area contributed by atoms with Gasteiger partial charge in [0.15, 0.2) is 6.61 Å². The first-order valence-electron chi connectivity index (χ1n) is 8.19. The largest absolute Gasteiger partial charge is 0.484 e. The Morgan fingerprint density at radius 2 is 2.04 bits per heavy atom. The number of hydrogen-bond donors (Lipinski definition) is 3. The number of nitrogens with one attached hydrogen (secondary N) is 3. The maximum atomic E-state index is 11.8. The quantitative estimate of drug-likeness (QED) is 0.793. The zero-order valence-electron chi connectivity index (χ0n) is 14.6. The highest BCUT2D eigenvalue weighted by molar-refractivity contribution is 5.94. The van der Waals surface area contributed by atoms with Gasteiger partial charge in [-0.05, 0) is 38.5 Å². The third kappa shape index (κ3) is 4.17. The summed E-state index contributed by atoms with van der Waals surface area (Å²) in [7, 11) is 0. The highest BCUT2D eigenvalue weighted by Gasteiger charge is 2.28. The SMILES string of the molecule is CC(C)(C)NC(=O)COc1ccc([C@H]2CC(=O)Nc3[nH]ncc32)cc1. The van der Waals surface area contributed by atoms with Crippen LogP contribution in [0.1, 0.15) is 44.2 Å². The minimum Gasteiger partial charge on any atom is -0.484 e. The summed E-state index contributed by atoms with van der Waals surface area (Å²) in [6, 6.07) is 7.45. The van der Waals surface area contributed by atoms with Gasteiger partial charge < -0.3 is 15.4 Å². The number of rotatable bonds is 4. The van der Waals surface area contributed by atoms with Gasteiger partial charge in [0.2, 0.25) is 5.91 Å². The molecule has 2 heterocycles. The molecule has 0 saturated heterocycles. The summed E-state index contributed by atoms with van der Waals surface area (Å²) in [5.41, 5.74) is 1.69. The molecule has 1 aromatic heterocycles. The molecular formula is C18H22N4O3. The molecule has 0 radical (unpaired) electrons. The van der Waals surface area contributed by atoms with Crippen LogP contribution in [0.3, 0.4) is 0 Å². The van der Waals surface area contributed by atoms with Crippen LogP contribution < -0.4 is 15.4 Å². The zero-order valence-corrected chi connectivity index (χ0v) is 14.6. The van der Waals surface area contributed by atoms with E-state index in [1.807, 2.05) is 45.0 Å². The van der Waals surface area contributed by atoms with Crippen LogP contribution in [0.15, 0.2) is 30.5 Å². The van der Waals surface area contributed by atoms with Gasteiger partial charge in [0.05, 0.1) is 6.20 Å². The van der Waals surface area contributed by atoms with Crippen LogP contribution in [0.2, 0.25) is 0 Å². The zero-order chi connectivity index (χ0) is 18.0. The third-order valence-corrected chi connectivity index (χ3v) is 3.86. The Balaban J connectivity index is 1.65. The Bertz CT molecular complexity index is 774. The summed E-state index contributed by atoms with van der Waals surface area (Å²) in [5, 5.41) is 12.4. The highest BCUT2D eigenvalue weighted by Crippen LogP contribution is 2.36. The molecule has 0 bridgehead atoms. The normalized spacial score (nSPS) is 16.8. The average molecular weight is 342 g/mol. The lowest BCUT2D eigenvalue weighted by molar-refractivity contribution is -0.124. The van der Waals surface area contributed by atoms with Crippen molar-refractivity contribution in [2.75, 3.05) is 11.9 Å². The van der Waals surface area contributed by atoms with Crippen LogP contribution in [-0.2, 0) is 9.59 Å². The van der Waals surface area contributed by atoms with E-state index < -0.39 is 0 Å². The molecule has 2 amide bonds. The number of carbonyl (C=O) groups excluding carboxylic acids is 2.